The van der Waals surface area contributed by atoms with Crippen molar-refractivity contribution in [2.45, 2.75) is 80.1 Å². The van der Waals surface area contributed by atoms with E-state index in [-0.39, 0.29) is 10.8 Å². The first-order valence-corrected chi connectivity index (χ1v) is 9.49. The Labute approximate surface area is 150 Å². The van der Waals surface area contributed by atoms with Gasteiger partial charge < -0.3 is 0 Å². The summed E-state index contributed by atoms with van der Waals surface area (Å²) in [6, 6.07) is 13.6. The lowest BCUT2D eigenvalue weighted by atomic mass is 9.78. The van der Waals surface area contributed by atoms with Gasteiger partial charge in [-0.3, -0.25) is 0 Å². The smallest absolute Gasteiger partial charge is 0.0158 e. The van der Waals surface area contributed by atoms with E-state index in [9.17, 15) is 0 Å². The van der Waals surface area contributed by atoms with Crippen molar-refractivity contribution in [3.05, 3.63) is 58.7 Å². The van der Waals surface area contributed by atoms with Crippen LogP contribution < -0.4 is 0 Å². The van der Waals surface area contributed by atoms with Gasteiger partial charge in [-0.2, -0.15) is 0 Å². The molecule has 0 saturated carbocycles. The van der Waals surface area contributed by atoms with Crippen LogP contribution in [0.15, 0.2) is 36.4 Å². The van der Waals surface area contributed by atoms with Crippen molar-refractivity contribution in [3.63, 3.8) is 0 Å². The van der Waals surface area contributed by atoms with Crippen LogP contribution in [0.3, 0.4) is 0 Å². The molecule has 0 aliphatic heterocycles. The molecular formula is C24H36. The van der Waals surface area contributed by atoms with Gasteiger partial charge in [-0.15, -0.1) is 0 Å². The van der Waals surface area contributed by atoms with Crippen LogP contribution in [0.25, 0.3) is 11.1 Å². The summed E-state index contributed by atoms with van der Waals surface area (Å²) >= 11 is 0. The largest absolute Gasteiger partial charge is 0.0683 e. The van der Waals surface area contributed by atoms with Crippen molar-refractivity contribution in [1.29, 1.82) is 0 Å². The second kappa shape index (κ2) is 7.55. The zero-order valence-electron chi connectivity index (χ0n) is 17.5. The van der Waals surface area contributed by atoms with Gasteiger partial charge in [-0.05, 0) is 45.7 Å². The standard InChI is InChI=1S/C20H24.2C2H6/c1-13-15(19(2,3)4)11-12-17-18(13)14-9-7-8-10-16(14)20(17,5)6;2*1-2/h7-12H,1-6H3;2*1-2H3. The molecule has 1 aliphatic rings. The fraction of sp³-hybridized carbons (Fsp3) is 0.500. The van der Waals surface area contributed by atoms with Crippen LogP contribution in [-0.4, -0.2) is 0 Å². The summed E-state index contributed by atoms with van der Waals surface area (Å²) in [7, 11) is 0. The van der Waals surface area contributed by atoms with Gasteiger partial charge >= 0.3 is 0 Å². The molecule has 0 heteroatoms. The van der Waals surface area contributed by atoms with Gasteiger partial charge in [0.05, 0.1) is 0 Å². The summed E-state index contributed by atoms with van der Waals surface area (Å²) in [4.78, 5) is 0. The van der Waals surface area contributed by atoms with Crippen LogP contribution >= 0.6 is 0 Å². The van der Waals surface area contributed by atoms with E-state index in [2.05, 4.69) is 77.9 Å². The fourth-order valence-corrected chi connectivity index (χ4v) is 3.78. The fourth-order valence-electron chi connectivity index (χ4n) is 3.78. The molecule has 0 saturated heterocycles. The van der Waals surface area contributed by atoms with E-state index in [1.165, 1.54) is 33.4 Å². The van der Waals surface area contributed by atoms with Crippen LogP contribution in [0.1, 0.15) is 84.6 Å². The lowest BCUT2D eigenvalue weighted by Gasteiger charge is -2.26. The average Bonchev–Trinajstić information content (AvgIpc) is 2.80. The highest BCUT2D eigenvalue weighted by Crippen LogP contribution is 2.51. The van der Waals surface area contributed by atoms with Gasteiger partial charge in [0.2, 0.25) is 0 Å². The minimum absolute atomic E-state index is 0.118. The molecule has 0 radical (unpaired) electrons. The van der Waals surface area contributed by atoms with Crippen LogP contribution in [-0.2, 0) is 10.8 Å². The molecule has 0 unspecified atom stereocenters. The van der Waals surface area contributed by atoms with E-state index < -0.39 is 0 Å². The van der Waals surface area contributed by atoms with E-state index >= 15 is 0 Å². The number of hydrogen-bond acceptors (Lipinski definition) is 0. The normalized spacial score (nSPS) is 13.8. The predicted octanol–water partition coefficient (Wildman–Crippen LogP) is 7.65. The molecule has 0 heterocycles. The van der Waals surface area contributed by atoms with Gasteiger partial charge in [-0.25, -0.2) is 0 Å². The Bertz CT molecular complexity index is 682. The SMILES string of the molecule is CC.CC.Cc1c(C(C)(C)C)ccc2c1-c1ccccc1C2(C)C. The minimum atomic E-state index is 0.118. The van der Waals surface area contributed by atoms with Crippen LogP contribution in [0.2, 0.25) is 0 Å². The molecule has 0 fully saturated rings. The Morgan fingerprint density at radius 2 is 1.29 bits per heavy atom. The van der Waals surface area contributed by atoms with Crippen molar-refractivity contribution in [3.8, 4) is 11.1 Å². The molecule has 132 valence electrons. The highest BCUT2D eigenvalue weighted by Gasteiger charge is 2.37. The second-order valence-electron chi connectivity index (χ2n) is 7.58. The third-order valence-corrected chi connectivity index (χ3v) is 4.82. The molecule has 0 amide bonds. The Kier molecular flexibility index (Phi) is 6.45. The summed E-state index contributed by atoms with van der Waals surface area (Å²) in [6.07, 6.45) is 0. The molecular weight excluding hydrogens is 288 g/mol. The molecule has 0 atom stereocenters. The minimum Gasteiger partial charge on any atom is -0.0683 e. The van der Waals surface area contributed by atoms with Crippen LogP contribution in [0, 0.1) is 6.92 Å². The average molecular weight is 325 g/mol. The van der Waals surface area contributed by atoms with Crippen molar-refractivity contribution in [2.75, 3.05) is 0 Å². The summed E-state index contributed by atoms with van der Waals surface area (Å²) in [5.41, 5.74) is 9.06. The van der Waals surface area contributed by atoms with E-state index in [0.717, 1.165) is 0 Å². The maximum atomic E-state index is 2.35. The Hall–Kier alpha value is -1.56. The van der Waals surface area contributed by atoms with Gasteiger partial charge in [0.1, 0.15) is 0 Å². The topological polar surface area (TPSA) is 0 Å². The molecule has 2 aromatic carbocycles. The molecule has 0 bridgehead atoms. The summed E-state index contributed by atoms with van der Waals surface area (Å²) < 4.78 is 0. The zero-order valence-corrected chi connectivity index (χ0v) is 17.5. The molecule has 0 nitrogen and oxygen atoms in total. The lowest BCUT2D eigenvalue weighted by molar-refractivity contribution is 0.585. The third-order valence-electron chi connectivity index (χ3n) is 4.82. The summed E-state index contributed by atoms with van der Waals surface area (Å²) in [5.74, 6) is 0. The molecule has 0 aromatic heterocycles. The Morgan fingerprint density at radius 1 is 0.750 bits per heavy atom. The number of rotatable bonds is 0. The number of fused-ring (bicyclic) bond motifs is 3. The number of benzene rings is 2. The van der Waals surface area contributed by atoms with Gasteiger partial charge in [-0.1, -0.05) is 98.7 Å². The Balaban J connectivity index is 0.000000671. The monoisotopic (exact) mass is 324 g/mol. The van der Waals surface area contributed by atoms with Gasteiger partial charge in [0.15, 0.2) is 0 Å². The first kappa shape index (κ1) is 20.5. The molecule has 0 N–H and O–H groups in total. The molecule has 24 heavy (non-hydrogen) atoms. The first-order chi connectivity index (χ1) is 11.2. The van der Waals surface area contributed by atoms with Gasteiger partial charge in [0.25, 0.3) is 0 Å². The maximum Gasteiger partial charge on any atom is 0.0158 e. The second-order valence-corrected chi connectivity index (χ2v) is 7.58. The highest BCUT2D eigenvalue weighted by atomic mass is 14.4. The predicted molar refractivity (Wildman–Crippen MR) is 110 cm³/mol. The van der Waals surface area contributed by atoms with Crippen molar-refractivity contribution >= 4 is 0 Å². The van der Waals surface area contributed by atoms with E-state index in [1.54, 1.807) is 0 Å². The zero-order chi connectivity index (χ0) is 18.7. The summed E-state index contributed by atoms with van der Waals surface area (Å²) in [6.45, 7) is 21.9. The maximum absolute atomic E-state index is 2.35. The summed E-state index contributed by atoms with van der Waals surface area (Å²) in [5, 5.41) is 0. The van der Waals surface area contributed by atoms with Crippen LogP contribution in [0.4, 0.5) is 0 Å². The molecule has 3 rings (SSSR count). The lowest BCUT2D eigenvalue weighted by Crippen LogP contribution is -2.17. The molecule has 2 aromatic rings. The van der Waals surface area contributed by atoms with E-state index in [4.69, 9.17) is 0 Å². The van der Waals surface area contributed by atoms with E-state index in [1.807, 2.05) is 27.7 Å². The quantitative estimate of drug-likeness (QED) is 0.467. The van der Waals surface area contributed by atoms with Gasteiger partial charge in [0, 0.05) is 5.41 Å². The first-order valence-electron chi connectivity index (χ1n) is 9.49. The van der Waals surface area contributed by atoms with Crippen molar-refractivity contribution in [2.24, 2.45) is 0 Å². The van der Waals surface area contributed by atoms with E-state index in [0.29, 0.717) is 0 Å². The van der Waals surface area contributed by atoms with Crippen LogP contribution in [0.5, 0.6) is 0 Å². The molecule has 0 spiro atoms. The number of hydrogen-bond donors (Lipinski definition) is 0. The highest BCUT2D eigenvalue weighted by molar-refractivity contribution is 5.83. The molecule has 1 aliphatic carbocycles. The van der Waals surface area contributed by atoms with Crippen molar-refractivity contribution in [1.82, 2.24) is 0 Å². The Morgan fingerprint density at radius 3 is 1.83 bits per heavy atom. The van der Waals surface area contributed by atoms with Crippen molar-refractivity contribution < 1.29 is 0 Å². The third kappa shape index (κ3) is 3.29.